The van der Waals surface area contributed by atoms with Gasteiger partial charge in [0.25, 0.3) is 0 Å². The van der Waals surface area contributed by atoms with Crippen molar-refractivity contribution < 1.29 is 4.79 Å². The summed E-state index contributed by atoms with van der Waals surface area (Å²) in [5.74, 6) is 0.106. The third-order valence-electron chi connectivity index (χ3n) is 6.22. The number of piperidine rings is 1. The number of aromatic nitrogens is 3. The van der Waals surface area contributed by atoms with Gasteiger partial charge in [0.15, 0.2) is 5.65 Å². The zero-order chi connectivity index (χ0) is 21.9. The van der Waals surface area contributed by atoms with Crippen LogP contribution in [0.2, 0.25) is 0 Å². The quantitative estimate of drug-likeness (QED) is 0.489. The number of likely N-dealkylation sites (tertiary alicyclic amines) is 1. The summed E-state index contributed by atoms with van der Waals surface area (Å²) in [7, 11) is 0. The Morgan fingerprint density at radius 2 is 1.66 bits per heavy atom. The number of pyridine rings is 1. The first-order chi connectivity index (χ1) is 15.7. The van der Waals surface area contributed by atoms with E-state index >= 15 is 0 Å². The number of hydrogen-bond donors (Lipinski definition) is 0. The molecule has 32 heavy (non-hydrogen) atoms. The van der Waals surface area contributed by atoms with Gasteiger partial charge < -0.3 is 4.90 Å². The molecule has 0 bridgehead atoms. The van der Waals surface area contributed by atoms with Gasteiger partial charge in [-0.2, -0.15) is 0 Å². The lowest BCUT2D eigenvalue weighted by molar-refractivity contribution is -0.132. The van der Waals surface area contributed by atoms with Crippen LogP contribution in [0.3, 0.4) is 0 Å². The van der Waals surface area contributed by atoms with Crippen molar-refractivity contribution in [2.45, 2.75) is 31.8 Å². The maximum atomic E-state index is 13.5. The highest BCUT2D eigenvalue weighted by Gasteiger charge is 2.28. The molecule has 0 N–H and O–H groups in total. The van der Waals surface area contributed by atoms with E-state index in [1.54, 1.807) is 15.3 Å². The Morgan fingerprint density at radius 1 is 0.938 bits per heavy atom. The smallest absolute Gasteiger partial charge is 0.330 e. The molecule has 1 aliphatic rings. The second-order valence-corrected chi connectivity index (χ2v) is 8.37. The standard InChI is InChI=1S/C26H26N4O2/c31-24(17-20-9-3-1-4-10-20)28-16-8-13-22(19-28)30-25-23(14-7-15-27-25)29(26(30)32)18-21-11-5-2-6-12-21/h1-7,9-12,14-15,22H,8,13,16-19H2/t22-/m0/s1. The molecule has 0 spiro atoms. The number of carbonyl (C=O) groups is 1. The Bertz CT molecular complexity index is 1280. The molecule has 4 aromatic rings. The van der Waals surface area contributed by atoms with E-state index in [0.29, 0.717) is 25.2 Å². The maximum Gasteiger partial charge on any atom is 0.330 e. The van der Waals surface area contributed by atoms with E-state index in [-0.39, 0.29) is 17.6 Å². The number of amides is 1. The fourth-order valence-electron chi connectivity index (χ4n) is 4.63. The molecule has 0 unspecified atom stereocenters. The third-order valence-corrected chi connectivity index (χ3v) is 6.22. The monoisotopic (exact) mass is 426 g/mol. The lowest BCUT2D eigenvalue weighted by atomic mass is 10.0. The molecule has 6 nitrogen and oxygen atoms in total. The number of imidazole rings is 1. The van der Waals surface area contributed by atoms with E-state index in [9.17, 15) is 9.59 Å². The average molecular weight is 427 g/mol. The van der Waals surface area contributed by atoms with Gasteiger partial charge in [-0.1, -0.05) is 60.7 Å². The molecule has 1 fully saturated rings. The summed E-state index contributed by atoms with van der Waals surface area (Å²) in [4.78, 5) is 33.0. The number of nitrogens with zero attached hydrogens (tertiary/aromatic N) is 4. The van der Waals surface area contributed by atoms with Crippen molar-refractivity contribution >= 4 is 17.1 Å². The number of fused-ring (bicyclic) bond motifs is 1. The normalized spacial score (nSPS) is 16.4. The predicted molar refractivity (Wildman–Crippen MR) is 125 cm³/mol. The van der Waals surface area contributed by atoms with Gasteiger partial charge in [-0.15, -0.1) is 0 Å². The first kappa shape index (κ1) is 20.2. The van der Waals surface area contributed by atoms with Crippen LogP contribution >= 0.6 is 0 Å². The van der Waals surface area contributed by atoms with E-state index in [0.717, 1.165) is 36.0 Å². The summed E-state index contributed by atoms with van der Waals surface area (Å²) in [6.07, 6.45) is 3.84. The lowest BCUT2D eigenvalue weighted by Gasteiger charge is -2.33. The van der Waals surface area contributed by atoms with Crippen LogP contribution in [0.4, 0.5) is 0 Å². The topological polar surface area (TPSA) is 60.1 Å². The molecule has 2 aromatic heterocycles. The van der Waals surface area contributed by atoms with Crippen molar-refractivity contribution in [2.24, 2.45) is 0 Å². The van der Waals surface area contributed by atoms with Crippen LogP contribution in [0.5, 0.6) is 0 Å². The van der Waals surface area contributed by atoms with Crippen molar-refractivity contribution in [3.05, 3.63) is 101 Å². The molecule has 1 saturated heterocycles. The molecule has 1 amide bonds. The van der Waals surface area contributed by atoms with Gasteiger partial charge in [0.2, 0.25) is 5.91 Å². The molecule has 1 aliphatic heterocycles. The van der Waals surface area contributed by atoms with Crippen LogP contribution in [-0.2, 0) is 17.8 Å². The van der Waals surface area contributed by atoms with Crippen molar-refractivity contribution in [1.82, 2.24) is 19.0 Å². The largest absolute Gasteiger partial charge is 0.340 e. The van der Waals surface area contributed by atoms with Gasteiger partial charge in [0, 0.05) is 19.3 Å². The summed E-state index contributed by atoms with van der Waals surface area (Å²) in [6.45, 7) is 1.76. The van der Waals surface area contributed by atoms with Gasteiger partial charge >= 0.3 is 5.69 Å². The molecular formula is C26H26N4O2. The van der Waals surface area contributed by atoms with Crippen LogP contribution in [0, 0.1) is 0 Å². The van der Waals surface area contributed by atoms with E-state index in [2.05, 4.69) is 4.98 Å². The summed E-state index contributed by atoms with van der Waals surface area (Å²) < 4.78 is 3.60. The van der Waals surface area contributed by atoms with Crippen molar-refractivity contribution in [3.8, 4) is 0 Å². The summed E-state index contributed by atoms with van der Waals surface area (Å²) in [5.41, 5.74) is 3.54. The van der Waals surface area contributed by atoms with Crippen LogP contribution in [0.1, 0.15) is 30.0 Å². The first-order valence-electron chi connectivity index (χ1n) is 11.1. The molecule has 162 valence electrons. The zero-order valence-electron chi connectivity index (χ0n) is 17.9. The van der Waals surface area contributed by atoms with E-state index in [4.69, 9.17) is 0 Å². The van der Waals surface area contributed by atoms with Gasteiger partial charge in [-0.25, -0.2) is 9.78 Å². The molecule has 0 aliphatic carbocycles. The van der Waals surface area contributed by atoms with Gasteiger partial charge in [0.05, 0.1) is 24.5 Å². The van der Waals surface area contributed by atoms with Gasteiger partial charge in [-0.05, 0) is 36.1 Å². The number of rotatable bonds is 5. The predicted octanol–water partition coefficient (Wildman–Crippen LogP) is 3.65. The Morgan fingerprint density at radius 3 is 2.41 bits per heavy atom. The molecule has 0 radical (unpaired) electrons. The molecule has 1 atom stereocenters. The van der Waals surface area contributed by atoms with Crippen molar-refractivity contribution in [1.29, 1.82) is 0 Å². The van der Waals surface area contributed by atoms with Crippen molar-refractivity contribution in [2.75, 3.05) is 13.1 Å². The van der Waals surface area contributed by atoms with Crippen LogP contribution in [-0.4, -0.2) is 38.0 Å². The highest BCUT2D eigenvalue weighted by atomic mass is 16.2. The SMILES string of the molecule is O=C(Cc1ccccc1)N1CCC[C@H](n2c(=O)n(Cc3ccccc3)c3cccnc32)C1. The van der Waals surface area contributed by atoms with Gasteiger partial charge in [0.1, 0.15) is 0 Å². The minimum atomic E-state index is -0.0783. The first-order valence-corrected chi connectivity index (χ1v) is 11.1. The Hall–Kier alpha value is -3.67. The Labute approximate surface area is 186 Å². The third kappa shape index (κ3) is 3.96. The second-order valence-electron chi connectivity index (χ2n) is 8.37. The molecule has 0 saturated carbocycles. The number of benzene rings is 2. The minimum absolute atomic E-state index is 0.0649. The zero-order valence-corrected chi connectivity index (χ0v) is 17.9. The lowest BCUT2D eigenvalue weighted by Crippen LogP contribution is -2.43. The highest BCUT2D eigenvalue weighted by molar-refractivity contribution is 5.79. The molecule has 2 aromatic carbocycles. The number of carbonyl (C=O) groups excluding carboxylic acids is 1. The Kier molecular flexibility index (Phi) is 5.58. The summed E-state index contributed by atoms with van der Waals surface area (Å²) in [6, 6.07) is 23.5. The van der Waals surface area contributed by atoms with E-state index < -0.39 is 0 Å². The minimum Gasteiger partial charge on any atom is -0.340 e. The Balaban J connectivity index is 1.44. The summed E-state index contributed by atoms with van der Waals surface area (Å²) >= 11 is 0. The van der Waals surface area contributed by atoms with Crippen LogP contribution in [0.25, 0.3) is 11.2 Å². The van der Waals surface area contributed by atoms with Crippen molar-refractivity contribution in [3.63, 3.8) is 0 Å². The van der Waals surface area contributed by atoms with Gasteiger partial charge in [-0.3, -0.25) is 13.9 Å². The number of hydrogen-bond acceptors (Lipinski definition) is 3. The van der Waals surface area contributed by atoms with Crippen LogP contribution in [0.15, 0.2) is 83.8 Å². The molecule has 3 heterocycles. The maximum absolute atomic E-state index is 13.5. The van der Waals surface area contributed by atoms with E-state index in [1.165, 1.54) is 0 Å². The molecule has 5 rings (SSSR count). The fourth-order valence-corrected chi connectivity index (χ4v) is 4.63. The van der Waals surface area contributed by atoms with E-state index in [1.807, 2.05) is 77.7 Å². The molecular weight excluding hydrogens is 400 g/mol. The van der Waals surface area contributed by atoms with Crippen LogP contribution < -0.4 is 5.69 Å². The average Bonchev–Trinajstić information content (AvgIpc) is 3.12. The highest BCUT2D eigenvalue weighted by Crippen LogP contribution is 2.25. The fraction of sp³-hybridized carbons (Fsp3) is 0.269. The second kappa shape index (κ2) is 8.83. The summed E-state index contributed by atoms with van der Waals surface area (Å²) in [5, 5.41) is 0. The molecule has 6 heteroatoms.